The minimum absolute atomic E-state index is 0.0906. The largest absolute Gasteiger partial charge is 0.368 e. The summed E-state index contributed by atoms with van der Waals surface area (Å²) in [6.45, 7) is 3.93. The molecule has 0 bridgehead atoms. The summed E-state index contributed by atoms with van der Waals surface area (Å²) in [5, 5.41) is 10.2. The van der Waals surface area contributed by atoms with Crippen molar-refractivity contribution >= 4 is 29.1 Å². The van der Waals surface area contributed by atoms with Crippen molar-refractivity contribution in [1.29, 1.82) is 0 Å². The summed E-state index contributed by atoms with van der Waals surface area (Å²) in [7, 11) is 0. The van der Waals surface area contributed by atoms with Crippen LogP contribution in [0.25, 0.3) is 5.69 Å². The monoisotopic (exact) mass is 449 g/mol. The molecule has 11 nitrogen and oxygen atoms in total. The van der Waals surface area contributed by atoms with E-state index >= 15 is 0 Å². The highest BCUT2D eigenvalue weighted by atomic mass is 16.2. The quantitative estimate of drug-likeness (QED) is 0.561. The molecule has 1 aromatic heterocycles. The van der Waals surface area contributed by atoms with Crippen LogP contribution in [-0.4, -0.2) is 44.1 Å². The molecule has 3 amide bonds. The van der Waals surface area contributed by atoms with Gasteiger partial charge in [0.15, 0.2) is 0 Å². The minimum atomic E-state index is -0.705. The van der Waals surface area contributed by atoms with Gasteiger partial charge in [-0.05, 0) is 71.8 Å². The Morgan fingerprint density at radius 3 is 2.39 bits per heavy atom. The number of rotatable bonds is 6. The average Bonchev–Trinajstić information content (AvgIpc) is 3.33. The van der Waals surface area contributed by atoms with Crippen molar-refractivity contribution in [3.63, 3.8) is 0 Å². The number of primary amides is 1. The van der Waals surface area contributed by atoms with Gasteiger partial charge < -0.3 is 16.0 Å². The van der Waals surface area contributed by atoms with Crippen LogP contribution in [0.2, 0.25) is 0 Å². The first-order valence-electron chi connectivity index (χ1n) is 10.3. The number of nitrogens with zero attached hydrogens (tertiary/aromatic N) is 5. The Morgan fingerprint density at radius 1 is 1.03 bits per heavy atom. The molecule has 0 aliphatic carbocycles. The van der Waals surface area contributed by atoms with Gasteiger partial charge in [-0.15, -0.1) is 0 Å². The number of carbonyl (C=O) groups is 3. The molecule has 1 saturated heterocycles. The van der Waals surface area contributed by atoms with E-state index in [4.69, 9.17) is 5.73 Å². The molecular weight excluding hydrogens is 426 g/mol. The Bertz CT molecular complexity index is 1290. The number of nitrogens with one attached hydrogen (secondary N) is 1. The van der Waals surface area contributed by atoms with Crippen LogP contribution in [0.3, 0.4) is 0 Å². The van der Waals surface area contributed by atoms with Crippen LogP contribution in [0.5, 0.6) is 0 Å². The first-order chi connectivity index (χ1) is 15.7. The maximum absolute atomic E-state index is 12.8. The standard InChI is InChI=1S/C22H23N7O4/c1-13-3-6-18(9-14(13)2)27-11-15(10-20(27)31)21(32)24-16-4-7-17(8-5-16)29-22(33)28(25-26-29)12-19(23)30/h3-9,15H,10-12H2,1-2H3,(H2,23,30)(H,24,32)/t15-/m1/s1. The molecule has 3 aromatic rings. The summed E-state index contributed by atoms with van der Waals surface area (Å²) in [5.41, 5.74) is 8.41. The van der Waals surface area contributed by atoms with Crippen molar-refractivity contribution in [3.8, 4) is 5.69 Å². The zero-order chi connectivity index (χ0) is 23.7. The van der Waals surface area contributed by atoms with Crippen LogP contribution in [0.4, 0.5) is 11.4 Å². The predicted molar refractivity (Wildman–Crippen MR) is 120 cm³/mol. The van der Waals surface area contributed by atoms with Gasteiger partial charge in [0.25, 0.3) is 0 Å². The molecule has 0 radical (unpaired) electrons. The number of hydrogen-bond acceptors (Lipinski definition) is 6. The Kier molecular flexibility index (Phi) is 5.78. The van der Waals surface area contributed by atoms with Crippen LogP contribution in [-0.2, 0) is 20.9 Å². The fourth-order valence-corrected chi connectivity index (χ4v) is 3.64. The van der Waals surface area contributed by atoms with Gasteiger partial charge in [-0.1, -0.05) is 6.07 Å². The maximum Gasteiger partial charge on any atom is 0.368 e. The minimum Gasteiger partial charge on any atom is -0.368 e. The van der Waals surface area contributed by atoms with Gasteiger partial charge in [0, 0.05) is 24.3 Å². The number of tetrazole rings is 1. The van der Waals surface area contributed by atoms with Crippen molar-refractivity contribution < 1.29 is 14.4 Å². The average molecular weight is 449 g/mol. The van der Waals surface area contributed by atoms with Gasteiger partial charge in [-0.25, -0.2) is 4.79 Å². The number of anilines is 2. The molecule has 2 heterocycles. The number of benzene rings is 2. The summed E-state index contributed by atoms with van der Waals surface area (Å²) < 4.78 is 1.88. The van der Waals surface area contributed by atoms with Gasteiger partial charge in [0.2, 0.25) is 17.7 Å². The molecule has 11 heteroatoms. The van der Waals surface area contributed by atoms with Crippen molar-refractivity contribution in [2.75, 3.05) is 16.8 Å². The summed E-state index contributed by atoms with van der Waals surface area (Å²) in [6.07, 6.45) is 0.134. The lowest BCUT2D eigenvalue weighted by molar-refractivity contribution is -0.122. The van der Waals surface area contributed by atoms with E-state index in [-0.39, 0.29) is 24.8 Å². The Labute approximate surface area is 188 Å². The lowest BCUT2D eigenvalue weighted by Gasteiger charge is -2.18. The molecule has 0 unspecified atom stereocenters. The Balaban J connectivity index is 1.42. The van der Waals surface area contributed by atoms with Crippen molar-refractivity contribution in [2.24, 2.45) is 11.7 Å². The second-order valence-corrected chi connectivity index (χ2v) is 8.01. The highest BCUT2D eigenvalue weighted by Crippen LogP contribution is 2.27. The number of amides is 3. The molecule has 1 atom stereocenters. The lowest BCUT2D eigenvalue weighted by atomic mass is 10.1. The van der Waals surface area contributed by atoms with E-state index in [1.807, 2.05) is 32.0 Å². The molecule has 1 fully saturated rings. The lowest BCUT2D eigenvalue weighted by Crippen LogP contribution is -2.30. The molecule has 3 N–H and O–H groups in total. The number of carbonyl (C=O) groups excluding carboxylic acids is 3. The highest BCUT2D eigenvalue weighted by molar-refractivity contribution is 6.03. The van der Waals surface area contributed by atoms with E-state index in [0.29, 0.717) is 17.9 Å². The summed E-state index contributed by atoms with van der Waals surface area (Å²) in [5.74, 6) is -1.53. The van der Waals surface area contributed by atoms with E-state index in [0.717, 1.165) is 26.2 Å². The predicted octanol–water partition coefficient (Wildman–Crippen LogP) is 0.523. The van der Waals surface area contributed by atoms with Crippen LogP contribution >= 0.6 is 0 Å². The van der Waals surface area contributed by atoms with Crippen LogP contribution < -0.4 is 21.6 Å². The molecule has 2 aromatic carbocycles. The van der Waals surface area contributed by atoms with E-state index in [9.17, 15) is 19.2 Å². The molecule has 4 rings (SSSR count). The first-order valence-corrected chi connectivity index (χ1v) is 10.3. The zero-order valence-electron chi connectivity index (χ0n) is 18.2. The molecule has 170 valence electrons. The van der Waals surface area contributed by atoms with Crippen molar-refractivity contribution in [1.82, 2.24) is 19.8 Å². The Morgan fingerprint density at radius 2 is 1.73 bits per heavy atom. The highest BCUT2D eigenvalue weighted by Gasteiger charge is 2.35. The molecule has 1 aliphatic heterocycles. The topological polar surface area (TPSA) is 145 Å². The number of hydrogen-bond donors (Lipinski definition) is 2. The van der Waals surface area contributed by atoms with Gasteiger partial charge >= 0.3 is 5.69 Å². The summed E-state index contributed by atoms with van der Waals surface area (Å²) >= 11 is 0. The molecule has 0 saturated carbocycles. The second kappa shape index (κ2) is 8.69. The van der Waals surface area contributed by atoms with Crippen LogP contribution in [0.1, 0.15) is 17.5 Å². The molecule has 33 heavy (non-hydrogen) atoms. The van der Waals surface area contributed by atoms with E-state index in [1.165, 1.54) is 0 Å². The van der Waals surface area contributed by atoms with Gasteiger partial charge in [-0.2, -0.15) is 9.36 Å². The first kappa shape index (κ1) is 21.9. The van der Waals surface area contributed by atoms with Gasteiger partial charge in [0.1, 0.15) is 6.54 Å². The SMILES string of the molecule is Cc1ccc(N2C[C@H](C(=O)Nc3ccc(-n4nnn(CC(N)=O)c4=O)cc3)CC2=O)cc1C. The smallest absolute Gasteiger partial charge is 0.368 e. The third-order valence-corrected chi connectivity index (χ3v) is 5.62. The molecule has 1 aliphatic rings. The fraction of sp³-hybridized carbons (Fsp3) is 0.273. The fourth-order valence-electron chi connectivity index (χ4n) is 3.64. The van der Waals surface area contributed by atoms with E-state index in [1.54, 1.807) is 29.2 Å². The number of aryl methyl sites for hydroxylation is 2. The van der Waals surface area contributed by atoms with Crippen LogP contribution in [0, 0.1) is 19.8 Å². The zero-order valence-corrected chi connectivity index (χ0v) is 18.2. The van der Waals surface area contributed by atoms with Crippen molar-refractivity contribution in [2.45, 2.75) is 26.8 Å². The van der Waals surface area contributed by atoms with Gasteiger partial charge in [0.05, 0.1) is 11.6 Å². The van der Waals surface area contributed by atoms with Crippen LogP contribution in [0.15, 0.2) is 47.3 Å². The number of nitrogens with two attached hydrogens (primary N) is 1. The third kappa shape index (κ3) is 4.52. The third-order valence-electron chi connectivity index (χ3n) is 5.62. The second-order valence-electron chi connectivity index (χ2n) is 8.01. The van der Waals surface area contributed by atoms with E-state index in [2.05, 4.69) is 15.7 Å². The summed E-state index contributed by atoms with van der Waals surface area (Å²) in [6, 6.07) is 12.2. The van der Waals surface area contributed by atoms with Gasteiger partial charge in [-0.3, -0.25) is 14.4 Å². The van der Waals surface area contributed by atoms with E-state index < -0.39 is 17.5 Å². The molecule has 0 spiro atoms. The molecular formula is C22H23N7O4. The maximum atomic E-state index is 12.8. The summed E-state index contributed by atoms with van der Waals surface area (Å²) in [4.78, 5) is 50.1. The Hall–Kier alpha value is -4.28. The van der Waals surface area contributed by atoms with Crippen molar-refractivity contribution in [3.05, 3.63) is 64.1 Å². The number of aromatic nitrogens is 4. The normalized spacial score (nSPS) is 15.6.